The third-order valence-electron chi connectivity index (χ3n) is 5.41. The van der Waals surface area contributed by atoms with Crippen LogP contribution in [0.5, 0.6) is 5.75 Å². The number of halogens is 1. The Morgan fingerprint density at radius 1 is 1.23 bits per heavy atom. The van der Waals surface area contributed by atoms with E-state index in [1.807, 2.05) is 12.1 Å². The van der Waals surface area contributed by atoms with E-state index in [-0.39, 0.29) is 12.1 Å². The molecule has 134 valence electrons. The van der Waals surface area contributed by atoms with E-state index < -0.39 is 0 Å². The van der Waals surface area contributed by atoms with E-state index in [4.69, 9.17) is 15.7 Å². The molecule has 2 aromatic carbocycles. The lowest BCUT2D eigenvalue weighted by Crippen LogP contribution is -2.49. The van der Waals surface area contributed by atoms with Crippen LogP contribution in [0.2, 0.25) is 0 Å². The summed E-state index contributed by atoms with van der Waals surface area (Å²) in [6, 6.07) is 16.7. The van der Waals surface area contributed by atoms with Crippen LogP contribution in [0.15, 0.2) is 46.9 Å². The Hall–Kier alpha value is -1.87. The van der Waals surface area contributed by atoms with Crippen molar-refractivity contribution in [2.75, 3.05) is 13.1 Å². The molecular formula is C21H22BrN3O. The highest BCUT2D eigenvalue weighted by Gasteiger charge is 2.39. The summed E-state index contributed by atoms with van der Waals surface area (Å²) in [6.07, 6.45) is 3.20. The van der Waals surface area contributed by atoms with E-state index in [0.29, 0.717) is 11.6 Å². The van der Waals surface area contributed by atoms with Crippen molar-refractivity contribution >= 4 is 15.9 Å². The first kappa shape index (κ1) is 17.5. The molecule has 4 rings (SSSR count). The molecule has 26 heavy (non-hydrogen) atoms. The van der Waals surface area contributed by atoms with Gasteiger partial charge in [-0.2, -0.15) is 5.26 Å². The van der Waals surface area contributed by atoms with Gasteiger partial charge in [0.1, 0.15) is 11.9 Å². The minimum absolute atomic E-state index is 0.0271. The van der Waals surface area contributed by atoms with Gasteiger partial charge in [0.25, 0.3) is 0 Å². The van der Waals surface area contributed by atoms with Gasteiger partial charge in [0.15, 0.2) is 0 Å². The average molecular weight is 412 g/mol. The molecule has 2 aromatic rings. The molecule has 3 atom stereocenters. The van der Waals surface area contributed by atoms with E-state index in [1.54, 1.807) is 6.07 Å². The van der Waals surface area contributed by atoms with Crippen molar-refractivity contribution in [3.8, 4) is 11.8 Å². The molecule has 2 N–H and O–H groups in total. The van der Waals surface area contributed by atoms with Gasteiger partial charge in [-0.15, -0.1) is 0 Å². The molecule has 1 fully saturated rings. The number of likely N-dealkylation sites (tertiary alicyclic amines) is 1. The molecule has 1 aliphatic heterocycles. The number of nitriles is 1. The maximum Gasteiger partial charge on any atom is 0.140 e. The van der Waals surface area contributed by atoms with Crippen LogP contribution < -0.4 is 10.5 Å². The van der Waals surface area contributed by atoms with E-state index in [0.717, 1.165) is 42.6 Å². The lowest BCUT2D eigenvalue weighted by atomic mass is 10.0. The number of benzene rings is 2. The van der Waals surface area contributed by atoms with E-state index in [1.165, 1.54) is 11.1 Å². The molecule has 2 aliphatic rings. The van der Waals surface area contributed by atoms with Crippen LogP contribution in [0.3, 0.4) is 0 Å². The van der Waals surface area contributed by atoms with Crippen LogP contribution in [0, 0.1) is 11.3 Å². The first-order valence-corrected chi connectivity index (χ1v) is 9.89. The van der Waals surface area contributed by atoms with Gasteiger partial charge >= 0.3 is 0 Å². The Kier molecular flexibility index (Phi) is 4.99. The molecule has 4 nitrogen and oxygen atoms in total. The summed E-state index contributed by atoms with van der Waals surface area (Å²) in [5.74, 6) is 0.775. The van der Waals surface area contributed by atoms with Crippen molar-refractivity contribution in [1.82, 2.24) is 4.90 Å². The molecule has 1 saturated heterocycles. The number of hydrogen-bond acceptors (Lipinski definition) is 4. The van der Waals surface area contributed by atoms with Crippen molar-refractivity contribution < 1.29 is 4.74 Å². The Bertz CT molecular complexity index is 847. The van der Waals surface area contributed by atoms with Crippen molar-refractivity contribution in [2.24, 2.45) is 5.73 Å². The summed E-state index contributed by atoms with van der Waals surface area (Å²) in [5, 5.41) is 9.07. The predicted molar refractivity (Wildman–Crippen MR) is 105 cm³/mol. The number of nitrogens with zero attached hydrogens (tertiary/aromatic N) is 2. The minimum Gasteiger partial charge on any atom is -0.483 e. The van der Waals surface area contributed by atoms with Crippen LogP contribution >= 0.6 is 15.9 Å². The molecule has 1 heterocycles. The topological polar surface area (TPSA) is 62.3 Å². The Morgan fingerprint density at radius 3 is 2.85 bits per heavy atom. The number of ether oxygens (including phenoxy) is 1. The number of rotatable bonds is 3. The molecule has 0 amide bonds. The van der Waals surface area contributed by atoms with Gasteiger partial charge < -0.3 is 10.5 Å². The van der Waals surface area contributed by atoms with Crippen molar-refractivity contribution in [3.05, 3.63) is 63.6 Å². The van der Waals surface area contributed by atoms with Crippen molar-refractivity contribution in [3.63, 3.8) is 0 Å². The Balaban J connectivity index is 1.64. The third-order valence-corrected chi connectivity index (χ3v) is 6.03. The zero-order chi connectivity index (χ0) is 18.1. The van der Waals surface area contributed by atoms with Crippen molar-refractivity contribution in [2.45, 2.75) is 37.5 Å². The van der Waals surface area contributed by atoms with Crippen LogP contribution in [-0.2, 0) is 6.42 Å². The highest BCUT2D eigenvalue weighted by molar-refractivity contribution is 9.10. The van der Waals surface area contributed by atoms with Crippen LogP contribution in [0.1, 0.15) is 35.6 Å². The van der Waals surface area contributed by atoms with Gasteiger partial charge in [0.05, 0.1) is 22.1 Å². The first-order valence-electron chi connectivity index (χ1n) is 9.09. The monoisotopic (exact) mass is 411 g/mol. The van der Waals surface area contributed by atoms with Crippen LogP contribution in [0.25, 0.3) is 0 Å². The molecule has 0 aromatic heterocycles. The second-order valence-corrected chi connectivity index (χ2v) is 8.02. The lowest BCUT2D eigenvalue weighted by molar-refractivity contribution is 0.0589. The SMILES string of the molecule is N#Cc1ccc(O[C@@H]2c3ccccc3C[C@H]2N2CCC[C@H](N)C2)c(Br)c1. The normalized spacial score (nSPS) is 25.5. The number of piperidine rings is 1. The fourth-order valence-electron chi connectivity index (χ4n) is 4.14. The number of hydrogen-bond donors (Lipinski definition) is 1. The van der Waals surface area contributed by atoms with Gasteiger partial charge in [0.2, 0.25) is 0 Å². The third kappa shape index (κ3) is 3.37. The maximum absolute atomic E-state index is 9.07. The van der Waals surface area contributed by atoms with Gasteiger partial charge in [0, 0.05) is 12.6 Å². The molecule has 1 aliphatic carbocycles. The molecule has 0 radical (unpaired) electrons. The number of fused-ring (bicyclic) bond motifs is 1. The van der Waals surface area contributed by atoms with E-state index in [9.17, 15) is 0 Å². The minimum atomic E-state index is -0.0271. The van der Waals surface area contributed by atoms with Gasteiger partial charge in [-0.3, -0.25) is 4.90 Å². The standard InChI is InChI=1S/C21H22BrN3O/c22-18-10-14(12-23)7-8-20(18)26-21-17-6-2-1-4-15(17)11-19(21)25-9-3-5-16(24)13-25/h1-2,4,6-8,10,16,19,21H,3,5,9,11,13,24H2/t16-,19+,21+/m0/s1. The fourth-order valence-corrected chi connectivity index (χ4v) is 4.62. The number of nitrogens with two attached hydrogens (primary N) is 1. The Labute approximate surface area is 162 Å². The zero-order valence-electron chi connectivity index (χ0n) is 14.6. The molecule has 0 saturated carbocycles. The molecule has 0 unspecified atom stereocenters. The molecule has 5 heteroatoms. The summed E-state index contributed by atoms with van der Waals surface area (Å²) in [4.78, 5) is 2.50. The van der Waals surface area contributed by atoms with Gasteiger partial charge in [-0.05, 0) is 71.1 Å². The summed E-state index contributed by atoms with van der Waals surface area (Å²) >= 11 is 3.55. The van der Waals surface area contributed by atoms with E-state index in [2.05, 4.69) is 51.2 Å². The average Bonchev–Trinajstić information content (AvgIpc) is 3.02. The fraction of sp³-hybridized carbons (Fsp3) is 0.381. The molecular weight excluding hydrogens is 390 g/mol. The first-order chi connectivity index (χ1) is 12.7. The van der Waals surface area contributed by atoms with E-state index >= 15 is 0 Å². The quantitative estimate of drug-likeness (QED) is 0.834. The Morgan fingerprint density at radius 2 is 2.08 bits per heavy atom. The summed E-state index contributed by atoms with van der Waals surface area (Å²) < 4.78 is 7.31. The van der Waals surface area contributed by atoms with Crippen LogP contribution in [0.4, 0.5) is 0 Å². The second-order valence-electron chi connectivity index (χ2n) is 7.16. The predicted octanol–water partition coefficient (Wildman–Crippen LogP) is 3.79. The molecule has 0 bridgehead atoms. The molecule has 0 spiro atoms. The highest BCUT2D eigenvalue weighted by atomic mass is 79.9. The maximum atomic E-state index is 9.07. The second kappa shape index (κ2) is 7.40. The summed E-state index contributed by atoms with van der Waals surface area (Å²) in [7, 11) is 0. The summed E-state index contributed by atoms with van der Waals surface area (Å²) in [6.45, 7) is 1.99. The van der Waals surface area contributed by atoms with Gasteiger partial charge in [-0.25, -0.2) is 0 Å². The largest absolute Gasteiger partial charge is 0.483 e. The van der Waals surface area contributed by atoms with Gasteiger partial charge in [-0.1, -0.05) is 24.3 Å². The highest BCUT2D eigenvalue weighted by Crippen LogP contribution is 2.40. The van der Waals surface area contributed by atoms with Crippen LogP contribution in [-0.4, -0.2) is 30.1 Å². The van der Waals surface area contributed by atoms with Crippen molar-refractivity contribution in [1.29, 1.82) is 5.26 Å². The summed E-state index contributed by atoms with van der Waals surface area (Å²) in [5.41, 5.74) is 9.46. The lowest BCUT2D eigenvalue weighted by Gasteiger charge is -2.38. The zero-order valence-corrected chi connectivity index (χ0v) is 16.2. The smallest absolute Gasteiger partial charge is 0.140 e.